The van der Waals surface area contributed by atoms with E-state index < -0.39 is 0 Å². The first-order valence-corrected chi connectivity index (χ1v) is 8.91. The van der Waals surface area contributed by atoms with E-state index in [9.17, 15) is 4.39 Å². The van der Waals surface area contributed by atoms with Gasteiger partial charge in [-0.05, 0) is 31.0 Å². The van der Waals surface area contributed by atoms with Gasteiger partial charge in [-0.25, -0.2) is 14.4 Å². The summed E-state index contributed by atoms with van der Waals surface area (Å²) in [6.45, 7) is 2.07. The molecule has 3 heterocycles. The molecule has 112 valence electrons. The van der Waals surface area contributed by atoms with Gasteiger partial charge in [-0.2, -0.15) is 0 Å². The van der Waals surface area contributed by atoms with E-state index in [1.54, 1.807) is 35.5 Å². The van der Waals surface area contributed by atoms with Crippen LogP contribution in [0.1, 0.15) is 22.9 Å². The molecule has 0 saturated heterocycles. The monoisotopic (exact) mass is 331 g/mol. The van der Waals surface area contributed by atoms with Crippen molar-refractivity contribution in [3.05, 3.63) is 46.9 Å². The number of hydrogen-bond donors (Lipinski definition) is 1. The third-order valence-corrected chi connectivity index (χ3v) is 5.91. The molecule has 1 aromatic carbocycles. The third-order valence-electron chi connectivity index (χ3n) is 3.79. The first-order chi connectivity index (χ1) is 10.7. The summed E-state index contributed by atoms with van der Waals surface area (Å²) in [5.74, 6) is 1.61. The van der Waals surface area contributed by atoms with Gasteiger partial charge in [0.1, 0.15) is 22.8 Å². The minimum absolute atomic E-state index is 0.0882. The molecule has 1 N–H and O–H groups in total. The summed E-state index contributed by atoms with van der Waals surface area (Å²) in [6.07, 6.45) is 2.54. The number of thioether (sulfide) groups is 1. The van der Waals surface area contributed by atoms with Gasteiger partial charge in [0.05, 0.1) is 11.4 Å². The van der Waals surface area contributed by atoms with Gasteiger partial charge in [0.2, 0.25) is 0 Å². The first-order valence-electron chi connectivity index (χ1n) is 7.11. The predicted octanol–water partition coefficient (Wildman–Crippen LogP) is 4.79. The number of fused-ring (bicyclic) bond motifs is 2. The molecule has 2 aromatic heterocycles. The molecule has 0 bridgehead atoms. The molecule has 0 aliphatic carbocycles. The number of benzene rings is 1. The molecule has 6 heteroatoms. The SMILES string of the molecule is Cc1cc2c(NC3CCSc4c(F)cccc43)ncnc2s1. The summed E-state index contributed by atoms with van der Waals surface area (Å²) in [5, 5.41) is 4.54. The van der Waals surface area contributed by atoms with Gasteiger partial charge in [-0.1, -0.05) is 12.1 Å². The Kier molecular flexibility index (Phi) is 3.50. The molecule has 1 aliphatic rings. The van der Waals surface area contributed by atoms with E-state index in [1.807, 2.05) is 6.07 Å². The lowest BCUT2D eigenvalue weighted by atomic mass is 10.0. The molecule has 0 saturated carbocycles. The molecule has 3 nitrogen and oxygen atoms in total. The lowest BCUT2D eigenvalue weighted by Crippen LogP contribution is -2.17. The number of nitrogens with zero attached hydrogens (tertiary/aromatic N) is 2. The smallest absolute Gasteiger partial charge is 0.138 e. The average molecular weight is 331 g/mol. The highest BCUT2D eigenvalue weighted by atomic mass is 32.2. The molecule has 0 radical (unpaired) electrons. The Morgan fingerprint density at radius 2 is 2.23 bits per heavy atom. The molecule has 0 fully saturated rings. The second-order valence-corrected chi connectivity index (χ2v) is 7.63. The molecule has 0 spiro atoms. The van der Waals surface area contributed by atoms with Crippen molar-refractivity contribution in [1.82, 2.24) is 9.97 Å². The molecular weight excluding hydrogens is 317 g/mol. The zero-order valence-corrected chi connectivity index (χ0v) is 13.6. The van der Waals surface area contributed by atoms with Crippen molar-refractivity contribution < 1.29 is 4.39 Å². The number of nitrogens with one attached hydrogen (secondary N) is 1. The van der Waals surface area contributed by atoms with Crippen molar-refractivity contribution in [2.75, 3.05) is 11.1 Å². The number of aryl methyl sites for hydroxylation is 1. The lowest BCUT2D eigenvalue weighted by molar-refractivity contribution is 0.585. The molecule has 4 rings (SSSR count). The van der Waals surface area contributed by atoms with Crippen molar-refractivity contribution >= 4 is 39.1 Å². The Morgan fingerprint density at radius 1 is 1.32 bits per heavy atom. The van der Waals surface area contributed by atoms with Crippen LogP contribution in [0, 0.1) is 12.7 Å². The fourth-order valence-electron chi connectivity index (χ4n) is 2.79. The van der Waals surface area contributed by atoms with Crippen molar-refractivity contribution in [2.24, 2.45) is 0 Å². The van der Waals surface area contributed by atoms with Crippen LogP contribution in [0.5, 0.6) is 0 Å². The molecule has 1 unspecified atom stereocenters. The van der Waals surface area contributed by atoms with Crippen LogP contribution in [-0.4, -0.2) is 15.7 Å². The van der Waals surface area contributed by atoms with E-state index in [-0.39, 0.29) is 11.9 Å². The molecule has 1 aliphatic heterocycles. The van der Waals surface area contributed by atoms with Gasteiger partial charge in [-0.15, -0.1) is 23.1 Å². The Labute approximate surface area is 136 Å². The minimum Gasteiger partial charge on any atom is -0.363 e. The van der Waals surface area contributed by atoms with Crippen LogP contribution in [0.3, 0.4) is 0 Å². The van der Waals surface area contributed by atoms with Crippen LogP contribution in [-0.2, 0) is 0 Å². The molecule has 22 heavy (non-hydrogen) atoms. The van der Waals surface area contributed by atoms with Crippen molar-refractivity contribution in [3.8, 4) is 0 Å². The van der Waals surface area contributed by atoms with E-state index in [0.29, 0.717) is 0 Å². The third kappa shape index (κ3) is 2.36. The van der Waals surface area contributed by atoms with E-state index >= 15 is 0 Å². The normalized spacial score (nSPS) is 17.5. The Bertz CT molecular complexity index is 847. The average Bonchev–Trinajstić information content (AvgIpc) is 2.90. The summed E-state index contributed by atoms with van der Waals surface area (Å²) >= 11 is 3.25. The van der Waals surface area contributed by atoms with Crippen LogP contribution < -0.4 is 5.32 Å². The fraction of sp³-hybridized carbons (Fsp3) is 0.250. The Hall–Kier alpha value is -1.66. The number of aromatic nitrogens is 2. The summed E-state index contributed by atoms with van der Waals surface area (Å²) in [7, 11) is 0. The number of rotatable bonds is 2. The highest BCUT2D eigenvalue weighted by Gasteiger charge is 2.24. The zero-order chi connectivity index (χ0) is 15.1. The minimum atomic E-state index is -0.131. The summed E-state index contributed by atoms with van der Waals surface area (Å²) in [4.78, 5) is 11.7. The number of hydrogen-bond acceptors (Lipinski definition) is 5. The summed E-state index contributed by atoms with van der Waals surface area (Å²) in [6, 6.07) is 7.50. The molecule has 3 aromatic rings. The van der Waals surface area contributed by atoms with Crippen molar-refractivity contribution in [2.45, 2.75) is 24.3 Å². The topological polar surface area (TPSA) is 37.8 Å². The van der Waals surface area contributed by atoms with Crippen LogP contribution in [0.25, 0.3) is 10.2 Å². The largest absolute Gasteiger partial charge is 0.363 e. The van der Waals surface area contributed by atoms with Gasteiger partial charge >= 0.3 is 0 Å². The maximum absolute atomic E-state index is 14.0. The highest BCUT2D eigenvalue weighted by molar-refractivity contribution is 7.99. The van der Waals surface area contributed by atoms with Gasteiger partial charge < -0.3 is 5.32 Å². The number of anilines is 1. The van der Waals surface area contributed by atoms with Gasteiger partial charge in [0, 0.05) is 15.5 Å². The molecular formula is C16H14FN3S2. The van der Waals surface area contributed by atoms with E-state index in [2.05, 4.69) is 28.3 Å². The van der Waals surface area contributed by atoms with E-state index in [4.69, 9.17) is 0 Å². The van der Waals surface area contributed by atoms with Crippen molar-refractivity contribution in [1.29, 1.82) is 0 Å². The molecule has 0 amide bonds. The maximum atomic E-state index is 14.0. The lowest BCUT2D eigenvalue weighted by Gasteiger charge is -2.26. The second-order valence-electron chi connectivity index (χ2n) is 5.29. The number of thiophene rings is 1. The first kappa shape index (κ1) is 14.0. The van der Waals surface area contributed by atoms with Crippen LogP contribution in [0.4, 0.5) is 10.2 Å². The quantitative estimate of drug-likeness (QED) is 0.733. The van der Waals surface area contributed by atoms with Gasteiger partial charge in [0.15, 0.2) is 0 Å². The zero-order valence-electron chi connectivity index (χ0n) is 12.0. The Balaban J connectivity index is 1.74. The number of halogens is 1. The highest BCUT2D eigenvalue weighted by Crippen LogP contribution is 2.40. The van der Waals surface area contributed by atoms with E-state index in [0.717, 1.165) is 38.7 Å². The predicted molar refractivity (Wildman–Crippen MR) is 90.3 cm³/mol. The van der Waals surface area contributed by atoms with Crippen LogP contribution in [0.2, 0.25) is 0 Å². The Morgan fingerprint density at radius 3 is 3.14 bits per heavy atom. The van der Waals surface area contributed by atoms with Crippen molar-refractivity contribution in [3.63, 3.8) is 0 Å². The molecule has 1 atom stereocenters. The second kappa shape index (κ2) is 5.52. The van der Waals surface area contributed by atoms with Crippen LogP contribution in [0.15, 0.2) is 35.5 Å². The standard InChI is InChI=1S/C16H14FN3S2/c1-9-7-11-15(18-8-19-16(11)22-9)20-13-5-6-21-14-10(13)3-2-4-12(14)17/h2-4,7-8,13H,5-6H2,1H3,(H,18,19,20). The fourth-order valence-corrected chi connectivity index (χ4v) is 4.78. The van der Waals surface area contributed by atoms with Gasteiger partial charge in [0.25, 0.3) is 0 Å². The summed E-state index contributed by atoms with van der Waals surface area (Å²) < 4.78 is 14.0. The van der Waals surface area contributed by atoms with E-state index in [1.165, 1.54) is 10.9 Å². The van der Waals surface area contributed by atoms with Crippen LogP contribution >= 0.6 is 23.1 Å². The maximum Gasteiger partial charge on any atom is 0.138 e. The summed E-state index contributed by atoms with van der Waals surface area (Å²) in [5.41, 5.74) is 1.02. The van der Waals surface area contributed by atoms with Gasteiger partial charge in [-0.3, -0.25) is 0 Å².